The van der Waals surface area contributed by atoms with Gasteiger partial charge in [-0.3, -0.25) is 0 Å². The summed E-state index contributed by atoms with van der Waals surface area (Å²) in [5, 5.41) is 20.1. The predicted molar refractivity (Wildman–Crippen MR) is 121 cm³/mol. The van der Waals surface area contributed by atoms with Gasteiger partial charge in [0.2, 0.25) is 0 Å². The Labute approximate surface area is 188 Å². The molecule has 3 rings (SSSR count). The minimum atomic E-state index is -1.16. The number of carboxylic acid groups (broad SMARTS) is 1. The van der Waals surface area contributed by atoms with Crippen molar-refractivity contribution in [3.63, 3.8) is 0 Å². The zero-order chi connectivity index (χ0) is 22.7. The van der Waals surface area contributed by atoms with Crippen LogP contribution < -0.4 is 5.32 Å². The van der Waals surface area contributed by atoms with E-state index < -0.39 is 17.6 Å². The Morgan fingerprint density at radius 1 is 0.875 bits per heavy atom. The van der Waals surface area contributed by atoms with Crippen molar-refractivity contribution in [3.05, 3.63) is 108 Å². The maximum absolute atomic E-state index is 10.6. The molecule has 6 nitrogen and oxygen atoms in total. The Bertz CT molecular complexity index is 908. The van der Waals surface area contributed by atoms with Crippen LogP contribution in [0.3, 0.4) is 0 Å². The molecular formula is C26H26N2O4. The number of nitriles is 1. The van der Waals surface area contributed by atoms with Crippen molar-refractivity contribution in [3.8, 4) is 6.07 Å². The standard InChI is InChI=1S/C26H26N2O4/c27-18-21(19-28-25(29)30)20-31-16-17-32-26(22-10-4-1-5-11-22,23-12-6-2-7-13-23)24-14-8-3-9-15-24/h1-15,21,28H,16-17,19-20H2,(H,29,30)/t21-/m0/s1. The first-order valence-electron chi connectivity index (χ1n) is 10.4. The lowest BCUT2D eigenvalue weighted by Gasteiger charge is -2.36. The van der Waals surface area contributed by atoms with Gasteiger partial charge in [0.25, 0.3) is 0 Å². The first-order chi connectivity index (χ1) is 15.7. The normalized spacial score (nSPS) is 12.0. The molecule has 0 aliphatic carbocycles. The van der Waals surface area contributed by atoms with Crippen molar-refractivity contribution >= 4 is 6.09 Å². The number of benzene rings is 3. The molecule has 3 aromatic carbocycles. The number of amides is 1. The minimum Gasteiger partial charge on any atom is -0.465 e. The second-order valence-electron chi connectivity index (χ2n) is 7.21. The first-order valence-corrected chi connectivity index (χ1v) is 10.4. The van der Waals surface area contributed by atoms with Crippen molar-refractivity contribution in [1.82, 2.24) is 5.32 Å². The van der Waals surface area contributed by atoms with Crippen LogP contribution in [0.15, 0.2) is 91.0 Å². The van der Waals surface area contributed by atoms with Gasteiger partial charge in [-0.05, 0) is 16.7 Å². The second-order valence-corrected chi connectivity index (χ2v) is 7.21. The third-order valence-electron chi connectivity index (χ3n) is 5.09. The lowest BCUT2D eigenvalue weighted by atomic mass is 9.80. The topological polar surface area (TPSA) is 91.6 Å². The monoisotopic (exact) mass is 430 g/mol. The highest BCUT2D eigenvalue weighted by molar-refractivity contribution is 5.64. The van der Waals surface area contributed by atoms with Crippen LogP contribution in [-0.2, 0) is 15.1 Å². The Morgan fingerprint density at radius 2 is 1.34 bits per heavy atom. The molecule has 1 atom stereocenters. The quantitative estimate of drug-likeness (QED) is 0.347. The highest BCUT2D eigenvalue weighted by Gasteiger charge is 2.37. The first kappa shape index (κ1) is 23.0. The molecule has 164 valence electrons. The van der Waals surface area contributed by atoms with E-state index in [0.717, 1.165) is 16.7 Å². The molecule has 6 heteroatoms. The molecule has 0 aromatic heterocycles. The van der Waals surface area contributed by atoms with Gasteiger partial charge in [0, 0.05) is 6.54 Å². The van der Waals surface area contributed by atoms with E-state index in [0.29, 0.717) is 0 Å². The summed E-state index contributed by atoms with van der Waals surface area (Å²) in [4.78, 5) is 10.6. The van der Waals surface area contributed by atoms with Crippen LogP contribution >= 0.6 is 0 Å². The molecule has 0 radical (unpaired) electrons. The Kier molecular flexibility index (Phi) is 8.38. The van der Waals surface area contributed by atoms with E-state index >= 15 is 0 Å². The maximum Gasteiger partial charge on any atom is 0.404 e. The molecule has 0 bridgehead atoms. The van der Waals surface area contributed by atoms with E-state index in [2.05, 4.69) is 11.4 Å². The van der Waals surface area contributed by atoms with Crippen molar-refractivity contribution in [2.45, 2.75) is 5.60 Å². The molecule has 0 unspecified atom stereocenters. The van der Waals surface area contributed by atoms with Crippen molar-refractivity contribution in [2.24, 2.45) is 5.92 Å². The number of hydrogen-bond acceptors (Lipinski definition) is 4. The number of hydrogen-bond donors (Lipinski definition) is 2. The fourth-order valence-corrected chi connectivity index (χ4v) is 3.60. The van der Waals surface area contributed by atoms with Gasteiger partial charge >= 0.3 is 6.09 Å². The highest BCUT2D eigenvalue weighted by Crippen LogP contribution is 2.40. The van der Waals surface area contributed by atoms with Crippen LogP contribution in [0.2, 0.25) is 0 Å². The molecule has 2 N–H and O–H groups in total. The number of carbonyl (C=O) groups is 1. The van der Waals surface area contributed by atoms with E-state index in [1.54, 1.807) is 0 Å². The van der Waals surface area contributed by atoms with Crippen molar-refractivity contribution in [1.29, 1.82) is 5.26 Å². The minimum absolute atomic E-state index is 0.0225. The smallest absolute Gasteiger partial charge is 0.404 e. The third kappa shape index (κ3) is 5.73. The Hall–Kier alpha value is -3.66. The fourth-order valence-electron chi connectivity index (χ4n) is 3.60. The molecule has 0 heterocycles. The summed E-state index contributed by atoms with van der Waals surface area (Å²) >= 11 is 0. The van der Waals surface area contributed by atoms with E-state index in [-0.39, 0.29) is 26.4 Å². The van der Waals surface area contributed by atoms with Crippen LogP contribution in [0, 0.1) is 17.2 Å². The number of nitrogens with zero attached hydrogens (tertiary/aromatic N) is 1. The summed E-state index contributed by atoms with van der Waals surface area (Å²) in [6.07, 6.45) is -1.16. The summed E-state index contributed by atoms with van der Waals surface area (Å²) in [6, 6.07) is 32.2. The van der Waals surface area contributed by atoms with Crippen molar-refractivity contribution in [2.75, 3.05) is 26.4 Å². The summed E-state index contributed by atoms with van der Waals surface area (Å²) in [6.45, 7) is 0.687. The van der Waals surface area contributed by atoms with Gasteiger partial charge in [0.05, 0.1) is 31.8 Å². The molecule has 0 saturated carbocycles. The van der Waals surface area contributed by atoms with Crippen LogP contribution in [0.25, 0.3) is 0 Å². The van der Waals surface area contributed by atoms with Crippen molar-refractivity contribution < 1.29 is 19.4 Å². The molecular weight excluding hydrogens is 404 g/mol. The van der Waals surface area contributed by atoms with Gasteiger partial charge in [-0.25, -0.2) is 4.79 Å². The van der Waals surface area contributed by atoms with Crippen LogP contribution in [-0.4, -0.2) is 37.6 Å². The molecule has 32 heavy (non-hydrogen) atoms. The van der Waals surface area contributed by atoms with E-state index in [4.69, 9.17) is 14.6 Å². The average Bonchev–Trinajstić information content (AvgIpc) is 2.85. The fraction of sp³-hybridized carbons (Fsp3) is 0.231. The Balaban J connectivity index is 1.80. The van der Waals surface area contributed by atoms with Gasteiger partial charge in [-0.1, -0.05) is 91.0 Å². The number of nitrogens with one attached hydrogen (secondary N) is 1. The zero-order valence-corrected chi connectivity index (χ0v) is 17.7. The zero-order valence-electron chi connectivity index (χ0n) is 17.7. The summed E-state index contributed by atoms with van der Waals surface area (Å²) in [5.41, 5.74) is 2.17. The lowest BCUT2D eigenvalue weighted by molar-refractivity contribution is -0.0266. The SMILES string of the molecule is N#C[C@@H](CNC(=O)O)COCCOC(c1ccccc1)(c1ccccc1)c1ccccc1. The Morgan fingerprint density at radius 3 is 1.75 bits per heavy atom. The van der Waals surface area contributed by atoms with Crippen LogP contribution in [0.5, 0.6) is 0 Å². The van der Waals surface area contributed by atoms with Gasteiger partial charge < -0.3 is 19.9 Å². The molecule has 0 fully saturated rings. The van der Waals surface area contributed by atoms with E-state index in [1.807, 2.05) is 91.0 Å². The second kappa shape index (κ2) is 11.7. The third-order valence-corrected chi connectivity index (χ3v) is 5.09. The summed E-state index contributed by atoms with van der Waals surface area (Å²) in [7, 11) is 0. The molecule has 1 amide bonds. The van der Waals surface area contributed by atoms with Crippen LogP contribution in [0.4, 0.5) is 4.79 Å². The lowest BCUT2D eigenvalue weighted by Crippen LogP contribution is -2.34. The molecule has 0 spiro atoms. The van der Waals surface area contributed by atoms with Gasteiger partial charge in [-0.15, -0.1) is 0 Å². The summed E-state index contributed by atoms with van der Waals surface area (Å²) in [5.74, 6) is -0.562. The van der Waals surface area contributed by atoms with E-state index in [1.165, 1.54) is 0 Å². The van der Waals surface area contributed by atoms with Crippen LogP contribution in [0.1, 0.15) is 16.7 Å². The average molecular weight is 431 g/mol. The van der Waals surface area contributed by atoms with E-state index in [9.17, 15) is 10.1 Å². The highest BCUT2D eigenvalue weighted by atomic mass is 16.5. The van der Waals surface area contributed by atoms with Gasteiger partial charge in [-0.2, -0.15) is 5.26 Å². The molecule has 0 aliphatic rings. The molecule has 3 aromatic rings. The van der Waals surface area contributed by atoms with Gasteiger partial charge in [0.15, 0.2) is 0 Å². The summed E-state index contributed by atoms with van der Waals surface area (Å²) < 4.78 is 12.2. The number of ether oxygens (including phenoxy) is 2. The molecule has 0 aliphatic heterocycles. The van der Waals surface area contributed by atoms with Gasteiger partial charge in [0.1, 0.15) is 5.60 Å². The number of rotatable bonds is 11. The largest absolute Gasteiger partial charge is 0.465 e. The predicted octanol–water partition coefficient (Wildman–Crippen LogP) is 4.42. The molecule has 0 saturated heterocycles. The maximum atomic E-state index is 10.6.